The Hall–Kier alpha value is -2.16. The number of aromatic amines is 1. The Morgan fingerprint density at radius 2 is 2.00 bits per heavy atom. The summed E-state index contributed by atoms with van der Waals surface area (Å²) in [6.45, 7) is 0. The molecule has 1 aromatic carbocycles. The minimum atomic E-state index is -0.439. The molecule has 0 bridgehead atoms. The first-order valence-corrected chi connectivity index (χ1v) is 5.48. The molecule has 2 aromatic heterocycles. The Morgan fingerprint density at radius 1 is 1.12 bits per heavy atom. The molecule has 3 heteroatoms. The third-order valence-corrected chi connectivity index (χ3v) is 2.77. The fraction of sp³-hybridized carbons (Fsp3) is 0.0714. The predicted octanol–water partition coefficient (Wildman–Crippen LogP) is 3.29. The van der Waals surface area contributed by atoms with E-state index in [1.807, 2.05) is 18.2 Å². The number of rotatable bonds is 2. The number of pyridine rings is 1. The van der Waals surface area contributed by atoms with Crippen molar-refractivity contribution in [2.75, 3.05) is 0 Å². The van der Waals surface area contributed by atoms with E-state index in [2.05, 4.69) is 22.1 Å². The van der Waals surface area contributed by atoms with Crippen LogP contribution in [0.5, 0.6) is 0 Å². The largest absolute Gasteiger partial charge is 0.358 e. The smallest absolute Gasteiger partial charge is 0.212 e. The summed E-state index contributed by atoms with van der Waals surface area (Å²) in [6, 6.07) is 13.4. The van der Waals surface area contributed by atoms with Crippen LogP contribution in [-0.4, -0.2) is 9.97 Å². The van der Waals surface area contributed by atoms with E-state index in [4.69, 9.17) is 0 Å². The lowest BCUT2D eigenvalue weighted by Gasteiger charge is -1.97. The average Bonchev–Trinajstić information content (AvgIpc) is 2.74. The molecule has 0 aliphatic rings. The van der Waals surface area contributed by atoms with Crippen LogP contribution in [0.2, 0.25) is 0 Å². The van der Waals surface area contributed by atoms with Crippen LogP contribution in [-0.2, 0) is 6.42 Å². The van der Waals surface area contributed by atoms with Gasteiger partial charge in [-0.25, -0.2) is 4.98 Å². The van der Waals surface area contributed by atoms with Gasteiger partial charge < -0.3 is 4.98 Å². The van der Waals surface area contributed by atoms with E-state index in [1.165, 1.54) is 11.5 Å². The number of nitrogens with zero attached hydrogens (tertiary/aromatic N) is 1. The minimum absolute atomic E-state index is 0.439. The van der Waals surface area contributed by atoms with Crippen LogP contribution in [0.4, 0.5) is 4.39 Å². The zero-order chi connectivity index (χ0) is 11.7. The average molecular weight is 226 g/mol. The quantitative estimate of drug-likeness (QED) is 0.667. The number of hydrogen-bond donors (Lipinski definition) is 1. The highest BCUT2D eigenvalue weighted by Gasteiger charge is 2.02. The van der Waals surface area contributed by atoms with Gasteiger partial charge in [-0.2, -0.15) is 4.39 Å². The lowest BCUT2D eigenvalue weighted by Crippen LogP contribution is -1.90. The highest BCUT2D eigenvalue weighted by Crippen LogP contribution is 2.17. The second kappa shape index (κ2) is 4.01. The Balaban J connectivity index is 1.92. The molecule has 2 heterocycles. The first kappa shape index (κ1) is 10.0. The molecule has 17 heavy (non-hydrogen) atoms. The molecule has 0 saturated carbocycles. The fourth-order valence-corrected chi connectivity index (χ4v) is 1.96. The van der Waals surface area contributed by atoms with Crippen LogP contribution in [0.1, 0.15) is 11.3 Å². The maximum atomic E-state index is 12.7. The standard InChI is InChI=1S/C14H11FN2/c15-14-6-5-10(9-16-14)7-12-8-11-3-1-2-4-13(11)17-12/h1-6,8-9,17H,7H2. The van der Waals surface area contributed by atoms with E-state index in [0.717, 1.165) is 23.2 Å². The van der Waals surface area contributed by atoms with Crippen LogP contribution < -0.4 is 0 Å². The van der Waals surface area contributed by atoms with E-state index in [1.54, 1.807) is 12.3 Å². The number of H-pyrrole nitrogens is 1. The van der Waals surface area contributed by atoms with Crippen molar-refractivity contribution in [1.29, 1.82) is 0 Å². The molecule has 0 atom stereocenters. The van der Waals surface area contributed by atoms with E-state index < -0.39 is 5.95 Å². The number of hydrogen-bond acceptors (Lipinski definition) is 1. The van der Waals surface area contributed by atoms with Crippen LogP contribution in [0.25, 0.3) is 10.9 Å². The van der Waals surface area contributed by atoms with Crippen molar-refractivity contribution in [3.8, 4) is 0 Å². The summed E-state index contributed by atoms with van der Waals surface area (Å²) in [5.74, 6) is -0.439. The number of fused-ring (bicyclic) bond motifs is 1. The summed E-state index contributed by atoms with van der Waals surface area (Å²) in [7, 11) is 0. The van der Waals surface area contributed by atoms with E-state index in [-0.39, 0.29) is 0 Å². The highest BCUT2D eigenvalue weighted by molar-refractivity contribution is 5.80. The maximum absolute atomic E-state index is 12.7. The van der Waals surface area contributed by atoms with Crippen molar-refractivity contribution in [3.05, 3.63) is 65.9 Å². The molecule has 0 fully saturated rings. The van der Waals surface area contributed by atoms with Gasteiger partial charge >= 0.3 is 0 Å². The molecule has 1 N–H and O–H groups in total. The Labute approximate surface area is 98.1 Å². The van der Waals surface area contributed by atoms with Gasteiger partial charge in [-0.3, -0.25) is 0 Å². The number of benzene rings is 1. The number of aromatic nitrogens is 2. The molecule has 0 spiro atoms. The molecule has 0 aliphatic heterocycles. The van der Waals surface area contributed by atoms with Crippen molar-refractivity contribution in [1.82, 2.24) is 9.97 Å². The van der Waals surface area contributed by atoms with Gasteiger partial charge in [0, 0.05) is 23.8 Å². The van der Waals surface area contributed by atoms with Crippen LogP contribution in [0.15, 0.2) is 48.7 Å². The van der Waals surface area contributed by atoms with Crippen LogP contribution in [0.3, 0.4) is 0 Å². The van der Waals surface area contributed by atoms with Crippen molar-refractivity contribution in [2.24, 2.45) is 0 Å². The normalized spacial score (nSPS) is 10.9. The molecule has 0 amide bonds. The Kier molecular flexibility index (Phi) is 2.37. The van der Waals surface area contributed by atoms with Crippen LogP contribution >= 0.6 is 0 Å². The third-order valence-electron chi connectivity index (χ3n) is 2.77. The first-order chi connectivity index (χ1) is 8.31. The monoisotopic (exact) mass is 226 g/mol. The van der Waals surface area contributed by atoms with Gasteiger partial charge in [0.2, 0.25) is 5.95 Å². The topological polar surface area (TPSA) is 28.7 Å². The SMILES string of the molecule is Fc1ccc(Cc2cc3ccccc3[nH]2)cn1. The summed E-state index contributed by atoms with van der Waals surface area (Å²) in [6.07, 6.45) is 2.31. The van der Waals surface area contributed by atoms with E-state index in [9.17, 15) is 4.39 Å². The van der Waals surface area contributed by atoms with Gasteiger partial charge in [0.1, 0.15) is 0 Å². The van der Waals surface area contributed by atoms with Crippen molar-refractivity contribution in [3.63, 3.8) is 0 Å². The Bertz CT molecular complexity index is 608. The first-order valence-electron chi connectivity index (χ1n) is 5.48. The van der Waals surface area contributed by atoms with E-state index >= 15 is 0 Å². The molecule has 84 valence electrons. The second-order valence-electron chi connectivity index (χ2n) is 4.05. The number of nitrogens with one attached hydrogen (secondary N) is 1. The molecular formula is C14H11FN2. The van der Waals surface area contributed by atoms with Crippen molar-refractivity contribution in [2.45, 2.75) is 6.42 Å². The zero-order valence-electron chi connectivity index (χ0n) is 9.15. The van der Waals surface area contributed by atoms with Gasteiger partial charge in [-0.15, -0.1) is 0 Å². The van der Waals surface area contributed by atoms with Crippen molar-refractivity contribution >= 4 is 10.9 Å². The summed E-state index contributed by atoms with van der Waals surface area (Å²) >= 11 is 0. The highest BCUT2D eigenvalue weighted by atomic mass is 19.1. The molecule has 3 aromatic rings. The number of halogens is 1. The predicted molar refractivity (Wildman–Crippen MR) is 65.3 cm³/mol. The molecule has 0 aliphatic carbocycles. The molecular weight excluding hydrogens is 215 g/mol. The molecule has 3 rings (SSSR count). The van der Waals surface area contributed by atoms with E-state index in [0.29, 0.717) is 0 Å². The third kappa shape index (κ3) is 2.04. The molecule has 2 nitrogen and oxygen atoms in total. The van der Waals surface area contributed by atoms with Crippen LogP contribution in [0, 0.1) is 5.95 Å². The lowest BCUT2D eigenvalue weighted by molar-refractivity contribution is 0.582. The summed E-state index contributed by atoms with van der Waals surface area (Å²) in [5.41, 5.74) is 3.23. The maximum Gasteiger partial charge on any atom is 0.212 e. The summed E-state index contributed by atoms with van der Waals surface area (Å²) in [4.78, 5) is 6.99. The summed E-state index contributed by atoms with van der Waals surface area (Å²) in [5, 5.41) is 1.19. The zero-order valence-corrected chi connectivity index (χ0v) is 9.15. The minimum Gasteiger partial charge on any atom is -0.358 e. The van der Waals surface area contributed by atoms with Crippen molar-refractivity contribution < 1.29 is 4.39 Å². The van der Waals surface area contributed by atoms with Gasteiger partial charge in [-0.05, 0) is 29.1 Å². The second-order valence-corrected chi connectivity index (χ2v) is 4.05. The molecule has 0 radical (unpaired) electrons. The van der Waals surface area contributed by atoms with Gasteiger partial charge in [0.05, 0.1) is 0 Å². The fourth-order valence-electron chi connectivity index (χ4n) is 1.96. The molecule has 0 saturated heterocycles. The van der Waals surface area contributed by atoms with Gasteiger partial charge in [0.25, 0.3) is 0 Å². The summed E-state index contributed by atoms with van der Waals surface area (Å²) < 4.78 is 12.7. The lowest BCUT2D eigenvalue weighted by atomic mass is 10.1. The van der Waals surface area contributed by atoms with Gasteiger partial charge in [-0.1, -0.05) is 24.3 Å². The molecule has 0 unspecified atom stereocenters. The van der Waals surface area contributed by atoms with Gasteiger partial charge in [0.15, 0.2) is 0 Å². The Morgan fingerprint density at radius 3 is 2.76 bits per heavy atom. The number of para-hydroxylation sites is 1.